The van der Waals surface area contributed by atoms with Gasteiger partial charge in [0.1, 0.15) is 18.3 Å². The van der Waals surface area contributed by atoms with Crippen LogP contribution >= 0.6 is 23.4 Å². The van der Waals surface area contributed by atoms with Gasteiger partial charge in [0.2, 0.25) is 0 Å². The molecule has 0 radical (unpaired) electrons. The number of hydrogen-bond acceptors (Lipinski definition) is 6. The zero-order valence-corrected chi connectivity index (χ0v) is 28.5. The van der Waals surface area contributed by atoms with Crippen LogP contribution in [0.15, 0.2) is 140 Å². The summed E-state index contributed by atoms with van der Waals surface area (Å²) in [6.07, 6.45) is -1.47. The van der Waals surface area contributed by atoms with Crippen LogP contribution in [-0.2, 0) is 45.4 Å². The molecular formula is C41H39ClO6S. The van der Waals surface area contributed by atoms with Gasteiger partial charge in [-0.2, -0.15) is 0 Å². The fourth-order valence-electron chi connectivity index (χ4n) is 5.94. The molecule has 0 bridgehead atoms. The minimum Gasteiger partial charge on any atom is -0.478 e. The molecule has 0 amide bonds. The molecule has 49 heavy (non-hydrogen) atoms. The Morgan fingerprint density at radius 1 is 0.592 bits per heavy atom. The second kappa shape index (κ2) is 17.6. The number of hydrogen-bond donors (Lipinski definition) is 1. The van der Waals surface area contributed by atoms with Gasteiger partial charge in [-0.05, 0) is 39.9 Å². The smallest absolute Gasteiger partial charge is 0.337 e. The highest BCUT2D eigenvalue weighted by atomic mass is 35.5. The summed E-state index contributed by atoms with van der Waals surface area (Å²) in [6, 6.07) is 45.4. The molecule has 0 aromatic heterocycles. The summed E-state index contributed by atoms with van der Waals surface area (Å²) in [4.78, 5) is 12.2. The van der Waals surface area contributed by atoms with Gasteiger partial charge < -0.3 is 24.1 Å². The van der Waals surface area contributed by atoms with E-state index in [2.05, 4.69) is 0 Å². The largest absolute Gasteiger partial charge is 0.478 e. The van der Waals surface area contributed by atoms with Crippen molar-refractivity contribution in [1.82, 2.24) is 0 Å². The minimum absolute atomic E-state index is 0.0441. The van der Waals surface area contributed by atoms with Crippen molar-refractivity contribution >= 4 is 29.3 Å². The average molecular weight is 695 g/mol. The van der Waals surface area contributed by atoms with Crippen LogP contribution in [0, 0.1) is 0 Å². The third-order valence-electron chi connectivity index (χ3n) is 8.43. The third kappa shape index (κ3) is 9.61. The van der Waals surface area contributed by atoms with Crippen molar-refractivity contribution in [3.63, 3.8) is 0 Å². The number of ether oxygens (including phenoxy) is 4. The van der Waals surface area contributed by atoms with Crippen LogP contribution in [0.4, 0.5) is 0 Å². The second-order valence-electron chi connectivity index (χ2n) is 11.9. The number of thioether (sulfide) groups is 1. The van der Waals surface area contributed by atoms with E-state index in [0.717, 1.165) is 27.8 Å². The molecule has 0 unspecified atom stereocenters. The van der Waals surface area contributed by atoms with Crippen LogP contribution in [0.3, 0.4) is 0 Å². The summed E-state index contributed by atoms with van der Waals surface area (Å²) in [7, 11) is 0. The number of benzene rings is 5. The van der Waals surface area contributed by atoms with Crippen LogP contribution in [-0.4, -0.2) is 41.2 Å². The standard InChI is InChI=1S/C41H39ClO6S/c42-35-22-21-33(23-34(35)41(43)44)40-39(48-27-32-19-11-4-12-20-32)38(47-26-31-17-9-3-10-18-31)37(46-25-30-15-7-2-8-16-30)36(49-40)28-45-24-29-13-5-1-6-14-29/h1-23,36-40H,24-28H2,(H,43,44)/t36-,37-,38+,39-,40+/m1/s1. The number of rotatable bonds is 15. The van der Waals surface area contributed by atoms with Crippen molar-refractivity contribution in [2.75, 3.05) is 6.61 Å². The first-order valence-corrected chi connectivity index (χ1v) is 17.6. The first-order chi connectivity index (χ1) is 24.0. The lowest BCUT2D eigenvalue weighted by Crippen LogP contribution is -2.54. The molecule has 0 saturated carbocycles. The maximum atomic E-state index is 12.2. The van der Waals surface area contributed by atoms with Crippen LogP contribution in [0.25, 0.3) is 0 Å². The van der Waals surface area contributed by atoms with Crippen molar-refractivity contribution < 1.29 is 28.8 Å². The maximum absolute atomic E-state index is 12.2. The molecule has 1 saturated heterocycles. The highest BCUT2D eigenvalue weighted by molar-refractivity contribution is 8.00. The lowest BCUT2D eigenvalue weighted by molar-refractivity contribution is -0.160. The molecule has 1 fully saturated rings. The first kappa shape index (κ1) is 34.9. The number of carbonyl (C=O) groups is 1. The Morgan fingerprint density at radius 2 is 1.04 bits per heavy atom. The van der Waals surface area contributed by atoms with E-state index < -0.39 is 24.3 Å². The zero-order chi connectivity index (χ0) is 33.8. The van der Waals surface area contributed by atoms with E-state index in [9.17, 15) is 9.90 Å². The summed E-state index contributed by atoms with van der Waals surface area (Å²) in [5.74, 6) is -1.09. The maximum Gasteiger partial charge on any atom is 0.337 e. The first-order valence-electron chi connectivity index (χ1n) is 16.3. The molecule has 6 rings (SSSR count). The van der Waals surface area contributed by atoms with E-state index in [1.165, 1.54) is 0 Å². The van der Waals surface area contributed by atoms with Gasteiger partial charge in [-0.1, -0.05) is 139 Å². The fourth-order valence-corrected chi connectivity index (χ4v) is 7.77. The van der Waals surface area contributed by atoms with Gasteiger partial charge in [-0.3, -0.25) is 0 Å². The average Bonchev–Trinajstić information content (AvgIpc) is 3.14. The van der Waals surface area contributed by atoms with E-state index in [-0.39, 0.29) is 21.1 Å². The lowest BCUT2D eigenvalue weighted by atomic mass is 9.95. The molecule has 0 spiro atoms. The molecule has 1 aliphatic rings. The second-order valence-corrected chi connectivity index (χ2v) is 13.7. The van der Waals surface area contributed by atoms with Crippen LogP contribution in [0.1, 0.15) is 43.4 Å². The van der Waals surface area contributed by atoms with Crippen molar-refractivity contribution in [2.45, 2.75) is 55.2 Å². The molecule has 5 atom stereocenters. The van der Waals surface area contributed by atoms with Crippen molar-refractivity contribution in [3.05, 3.63) is 178 Å². The Balaban J connectivity index is 1.38. The summed E-state index contributed by atoms with van der Waals surface area (Å²) in [5, 5.41) is 9.66. The lowest BCUT2D eigenvalue weighted by Gasteiger charge is -2.46. The molecule has 1 aliphatic heterocycles. The minimum atomic E-state index is -1.09. The van der Waals surface area contributed by atoms with Crippen LogP contribution < -0.4 is 0 Å². The van der Waals surface area contributed by atoms with Gasteiger partial charge in [0, 0.05) is 0 Å². The van der Waals surface area contributed by atoms with Crippen LogP contribution in [0.2, 0.25) is 5.02 Å². The van der Waals surface area contributed by atoms with Gasteiger partial charge in [0.25, 0.3) is 0 Å². The predicted molar refractivity (Wildman–Crippen MR) is 194 cm³/mol. The van der Waals surface area contributed by atoms with E-state index >= 15 is 0 Å². The summed E-state index contributed by atoms with van der Waals surface area (Å²) >= 11 is 8.02. The zero-order valence-electron chi connectivity index (χ0n) is 27.0. The third-order valence-corrected chi connectivity index (χ3v) is 10.3. The molecule has 0 aliphatic carbocycles. The summed E-state index contributed by atoms with van der Waals surface area (Å²) in [5.41, 5.74) is 5.00. The number of carboxylic acid groups (broad SMARTS) is 1. The van der Waals surface area contributed by atoms with Crippen molar-refractivity contribution in [2.24, 2.45) is 0 Å². The summed E-state index contributed by atoms with van der Waals surface area (Å²) in [6.45, 7) is 1.89. The van der Waals surface area contributed by atoms with Crippen molar-refractivity contribution in [1.29, 1.82) is 0 Å². The predicted octanol–water partition coefficient (Wildman–Crippen LogP) is 9.17. The van der Waals surface area contributed by atoms with E-state index in [0.29, 0.717) is 33.0 Å². The number of carboxylic acids is 1. The fraction of sp³-hybridized carbons (Fsp3) is 0.244. The van der Waals surface area contributed by atoms with Gasteiger partial charge >= 0.3 is 5.97 Å². The Labute approximate surface area is 297 Å². The van der Waals surface area contributed by atoms with Gasteiger partial charge in [-0.15, -0.1) is 11.8 Å². The molecule has 5 aromatic carbocycles. The van der Waals surface area contributed by atoms with E-state index in [4.69, 9.17) is 30.5 Å². The van der Waals surface area contributed by atoms with Crippen LogP contribution in [0.5, 0.6) is 0 Å². The SMILES string of the molecule is O=C(O)c1cc([C@@H]2S[C@H](COCc3ccccc3)[C@@H](OCc3ccccc3)[C@H](OCc3ccccc3)[C@H]2OCc2ccccc2)ccc1Cl. The van der Waals surface area contributed by atoms with E-state index in [1.54, 1.807) is 23.9 Å². The summed E-state index contributed by atoms with van der Waals surface area (Å²) < 4.78 is 26.9. The number of halogens is 1. The molecule has 5 aromatic rings. The molecule has 6 nitrogen and oxygen atoms in total. The number of aromatic carboxylic acids is 1. The topological polar surface area (TPSA) is 74.2 Å². The normalized spacial score (nSPS) is 20.6. The quantitative estimate of drug-likeness (QED) is 0.117. The van der Waals surface area contributed by atoms with Gasteiger partial charge in [0.05, 0.1) is 54.1 Å². The van der Waals surface area contributed by atoms with Gasteiger partial charge in [-0.25, -0.2) is 4.79 Å². The highest BCUT2D eigenvalue weighted by Gasteiger charge is 2.48. The van der Waals surface area contributed by atoms with Crippen molar-refractivity contribution in [3.8, 4) is 0 Å². The van der Waals surface area contributed by atoms with E-state index in [1.807, 2.05) is 127 Å². The molecule has 8 heteroatoms. The molecular weight excluding hydrogens is 656 g/mol. The molecule has 1 heterocycles. The Kier molecular flexibility index (Phi) is 12.6. The van der Waals surface area contributed by atoms with Gasteiger partial charge in [0.15, 0.2) is 0 Å². The molecule has 1 N–H and O–H groups in total. The Morgan fingerprint density at radius 3 is 1.53 bits per heavy atom. The highest BCUT2D eigenvalue weighted by Crippen LogP contribution is 2.48. The monoisotopic (exact) mass is 694 g/mol. The Bertz CT molecular complexity index is 1740. The Hall–Kier alpha value is -3.95. The molecule has 252 valence electrons.